The lowest BCUT2D eigenvalue weighted by Crippen LogP contribution is -2.56. The Morgan fingerprint density at radius 2 is 2.10 bits per heavy atom. The van der Waals surface area contributed by atoms with Crippen LogP contribution in [-0.4, -0.2) is 46.5 Å². The molecule has 3 N–H and O–H groups in total. The van der Waals surface area contributed by atoms with E-state index >= 15 is 0 Å². The molecule has 59 valence electrons. The Labute approximate surface area is 57.5 Å². The van der Waals surface area contributed by atoms with Gasteiger partial charge < -0.3 is 20.1 Å². The summed E-state index contributed by atoms with van der Waals surface area (Å²) in [4.78, 5) is 0. The van der Waals surface area contributed by atoms with E-state index in [2.05, 4.69) is 4.74 Å². The van der Waals surface area contributed by atoms with Gasteiger partial charge in [0.05, 0.1) is 6.61 Å². The Balaban J connectivity index is 2.60. The van der Waals surface area contributed by atoms with Gasteiger partial charge in [0.1, 0.15) is 12.7 Å². The topological polar surface area (TPSA) is 89.8 Å². The highest BCUT2D eigenvalue weighted by molar-refractivity contribution is 4.84. The van der Waals surface area contributed by atoms with Crippen LogP contribution in [0, 0.1) is 0 Å². The fourth-order valence-electron chi connectivity index (χ4n) is 0.808. The van der Waals surface area contributed by atoms with Gasteiger partial charge in [0.25, 0.3) is 0 Å². The lowest BCUT2D eigenvalue weighted by Gasteiger charge is -2.33. The second-order valence-corrected chi connectivity index (χ2v) is 2.38. The van der Waals surface area contributed by atoms with E-state index in [1.54, 1.807) is 0 Å². The van der Waals surface area contributed by atoms with E-state index in [1.807, 2.05) is 0 Å². The molecule has 1 aliphatic heterocycles. The molecule has 0 aromatic heterocycles. The van der Waals surface area contributed by atoms with Gasteiger partial charge in [0.2, 0.25) is 5.79 Å². The average Bonchev–Trinajstić information content (AvgIpc) is 1.83. The van der Waals surface area contributed by atoms with Crippen LogP contribution in [0.15, 0.2) is 0 Å². The molecule has 5 nitrogen and oxygen atoms in total. The first-order valence-electron chi connectivity index (χ1n) is 2.90. The Hall–Kier alpha value is -0.200. The number of ether oxygens (including phenoxy) is 1. The maximum Gasteiger partial charge on any atom is 0.220 e. The van der Waals surface area contributed by atoms with E-state index in [0.29, 0.717) is 0 Å². The highest BCUT2D eigenvalue weighted by Crippen LogP contribution is 2.17. The van der Waals surface area contributed by atoms with E-state index in [9.17, 15) is 5.11 Å². The molecule has 0 bridgehead atoms. The molecule has 1 rings (SSSR count). The second-order valence-electron chi connectivity index (χ2n) is 2.38. The highest BCUT2D eigenvalue weighted by Gasteiger charge is 2.43. The van der Waals surface area contributed by atoms with Gasteiger partial charge in [-0.05, 0) is 0 Å². The Bertz CT molecular complexity index is 123. The van der Waals surface area contributed by atoms with Crippen molar-refractivity contribution in [2.75, 3.05) is 13.2 Å². The molecule has 0 amide bonds. The third-order valence-corrected chi connectivity index (χ3v) is 1.41. The van der Waals surface area contributed by atoms with Gasteiger partial charge in [0.15, 0.2) is 6.10 Å². The SMILES string of the molecule is [O][C@H]1[C@H](O)COCC1(O)O. The van der Waals surface area contributed by atoms with Crippen LogP contribution in [0.4, 0.5) is 0 Å². The minimum Gasteiger partial charge on any atom is -0.388 e. The first kappa shape index (κ1) is 7.90. The molecule has 0 aromatic rings. The third-order valence-electron chi connectivity index (χ3n) is 1.41. The van der Waals surface area contributed by atoms with Crippen LogP contribution in [0.5, 0.6) is 0 Å². The number of hydrogen-bond acceptors (Lipinski definition) is 4. The fourth-order valence-corrected chi connectivity index (χ4v) is 0.808. The van der Waals surface area contributed by atoms with Gasteiger partial charge in [0, 0.05) is 0 Å². The quantitative estimate of drug-likeness (QED) is 0.343. The summed E-state index contributed by atoms with van der Waals surface area (Å²) in [7, 11) is 0. The van der Waals surface area contributed by atoms with Gasteiger partial charge in [-0.3, -0.25) is 0 Å². The average molecular weight is 149 g/mol. The number of hydrogen-bond donors (Lipinski definition) is 3. The maximum absolute atomic E-state index is 10.7. The molecule has 1 fully saturated rings. The Morgan fingerprint density at radius 1 is 1.50 bits per heavy atom. The Morgan fingerprint density at radius 3 is 2.50 bits per heavy atom. The number of aliphatic hydroxyl groups is 3. The maximum atomic E-state index is 10.7. The molecule has 0 spiro atoms. The van der Waals surface area contributed by atoms with Crippen molar-refractivity contribution in [1.82, 2.24) is 0 Å². The van der Waals surface area contributed by atoms with Gasteiger partial charge in [-0.1, -0.05) is 0 Å². The predicted octanol–water partition coefficient (Wildman–Crippen LogP) is -2.14. The normalized spacial score (nSPS) is 39.6. The zero-order valence-electron chi connectivity index (χ0n) is 5.23. The van der Waals surface area contributed by atoms with Crippen LogP contribution in [0.2, 0.25) is 0 Å². The number of rotatable bonds is 0. The van der Waals surface area contributed by atoms with Gasteiger partial charge in [-0.15, -0.1) is 0 Å². The summed E-state index contributed by atoms with van der Waals surface area (Å²) < 4.78 is 4.52. The largest absolute Gasteiger partial charge is 0.388 e. The van der Waals surface area contributed by atoms with Crippen LogP contribution < -0.4 is 0 Å². The van der Waals surface area contributed by atoms with Crippen molar-refractivity contribution in [2.45, 2.75) is 18.0 Å². The summed E-state index contributed by atoms with van der Waals surface area (Å²) in [6.45, 7) is -0.560. The second kappa shape index (κ2) is 2.44. The molecule has 2 atom stereocenters. The van der Waals surface area contributed by atoms with Crippen LogP contribution in [0.3, 0.4) is 0 Å². The monoisotopic (exact) mass is 149 g/mol. The fraction of sp³-hybridized carbons (Fsp3) is 1.00. The summed E-state index contributed by atoms with van der Waals surface area (Å²) in [6, 6.07) is 0. The lowest BCUT2D eigenvalue weighted by atomic mass is 10.0. The van der Waals surface area contributed by atoms with E-state index in [1.165, 1.54) is 0 Å². The van der Waals surface area contributed by atoms with Crippen LogP contribution in [0.25, 0.3) is 0 Å². The molecule has 5 heteroatoms. The predicted molar refractivity (Wildman–Crippen MR) is 28.5 cm³/mol. The standard InChI is InChI=1S/C5H9O5/c6-3-1-10-2-5(8,9)4(3)7/h3-4,6,8-9H,1-2H2/t3-,4+/m1/s1. The van der Waals surface area contributed by atoms with Crippen LogP contribution >= 0.6 is 0 Å². The van der Waals surface area contributed by atoms with Crippen LogP contribution in [0.1, 0.15) is 0 Å². The van der Waals surface area contributed by atoms with E-state index < -0.39 is 24.6 Å². The molecular weight excluding hydrogens is 140 g/mol. The van der Waals surface area contributed by atoms with Crippen molar-refractivity contribution in [3.8, 4) is 0 Å². The lowest BCUT2D eigenvalue weighted by molar-refractivity contribution is -0.313. The van der Waals surface area contributed by atoms with Gasteiger partial charge in [-0.25, -0.2) is 5.11 Å². The molecule has 0 unspecified atom stereocenters. The number of aliphatic hydroxyl groups excluding tert-OH is 1. The summed E-state index contributed by atoms with van der Waals surface area (Å²) in [5.74, 6) is -2.42. The van der Waals surface area contributed by atoms with Crippen molar-refractivity contribution in [3.05, 3.63) is 0 Å². The highest BCUT2D eigenvalue weighted by atomic mass is 16.6. The zero-order valence-corrected chi connectivity index (χ0v) is 5.23. The molecule has 1 radical (unpaired) electrons. The zero-order chi connectivity index (χ0) is 7.78. The molecule has 0 saturated carbocycles. The van der Waals surface area contributed by atoms with Crippen LogP contribution in [-0.2, 0) is 9.84 Å². The first-order chi connectivity index (χ1) is 4.54. The Kier molecular flexibility index (Phi) is 1.93. The summed E-state index contributed by atoms with van der Waals surface area (Å²) in [6.07, 6.45) is -3.12. The van der Waals surface area contributed by atoms with E-state index in [0.717, 1.165) is 0 Å². The molecule has 0 aromatic carbocycles. The third kappa shape index (κ3) is 1.28. The minimum atomic E-state index is -2.42. The molecular formula is C5H9O5. The van der Waals surface area contributed by atoms with E-state index in [-0.39, 0.29) is 6.61 Å². The smallest absolute Gasteiger partial charge is 0.220 e. The molecule has 1 heterocycles. The molecule has 10 heavy (non-hydrogen) atoms. The minimum absolute atomic E-state index is 0.128. The summed E-state index contributed by atoms with van der Waals surface area (Å²) in [5.41, 5.74) is 0. The van der Waals surface area contributed by atoms with Crippen molar-refractivity contribution in [1.29, 1.82) is 0 Å². The van der Waals surface area contributed by atoms with Crippen molar-refractivity contribution in [2.24, 2.45) is 0 Å². The first-order valence-corrected chi connectivity index (χ1v) is 2.90. The van der Waals surface area contributed by atoms with Crippen molar-refractivity contribution < 1.29 is 25.2 Å². The van der Waals surface area contributed by atoms with Crippen molar-refractivity contribution >= 4 is 0 Å². The molecule has 1 saturated heterocycles. The summed E-state index contributed by atoms with van der Waals surface area (Å²) >= 11 is 0. The van der Waals surface area contributed by atoms with Gasteiger partial charge in [-0.2, -0.15) is 0 Å². The molecule has 1 aliphatic rings. The molecule has 0 aliphatic carbocycles. The summed E-state index contributed by atoms with van der Waals surface area (Å²) in [5, 5.41) is 37.0. The van der Waals surface area contributed by atoms with Gasteiger partial charge >= 0.3 is 0 Å². The van der Waals surface area contributed by atoms with Crippen molar-refractivity contribution in [3.63, 3.8) is 0 Å². The van der Waals surface area contributed by atoms with E-state index in [4.69, 9.17) is 15.3 Å².